The normalized spacial score (nSPS) is 25.1. The Bertz CT molecular complexity index is 730. The van der Waals surface area contributed by atoms with Crippen LogP contribution in [-0.2, 0) is 11.2 Å². The molecule has 1 saturated carbocycles. The molecule has 4 rings (SSSR count). The lowest BCUT2D eigenvalue weighted by atomic mass is 9.77. The van der Waals surface area contributed by atoms with Crippen LogP contribution in [0.5, 0.6) is 5.75 Å². The molecule has 1 aromatic rings. The van der Waals surface area contributed by atoms with Gasteiger partial charge in [0.2, 0.25) is 0 Å². The van der Waals surface area contributed by atoms with Gasteiger partial charge in [-0.15, -0.1) is 0 Å². The molecule has 0 bridgehead atoms. The molecule has 6 heteroatoms. The van der Waals surface area contributed by atoms with Crippen LogP contribution < -0.4 is 9.64 Å². The molecular weight excluding hydrogens is 378 g/mol. The van der Waals surface area contributed by atoms with Crippen molar-refractivity contribution in [2.75, 3.05) is 44.2 Å². The number of fused-ring (bicyclic) bond motifs is 1. The number of rotatable bonds is 7. The minimum Gasteiger partial charge on any atom is -0.493 e. The molecule has 1 N–H and O–H groups in total. The highest BCUT2D eigenvalue weighted by Gasteiger charge is 2.30. The van der Waals surface area contributed by atoms with Crippen molar-refractivity contribution >= 4 is 11.6 Å². The number of hydrogen-bond donors (Lipinski definition) is 1. The molecule has 1 aliphatic carbocycles. The number of ether oxygens (including phenoxy) is 1. The predicted molar refractivity (Wildman–Crippen MR) is 118 cm³/mol. The Balaban J connectivity index is 1.17. The van der Waals surface area contributed by atoms with Gasteiger partial charge < -0.3 is 14.7 Å². The van der Waals surface area contributed by atoms with Gasteiger partial charge in [-0.05, 0) is 57.6 Å². The van der Waals surface area contributed by atoms with Crippen molar-refractivity contribution in [1.29, 1.82) is 0 Å². The molecule has 0 amide bonds. The maximum Gasteiger partial charge on any atom is 0.164 e. The van der Waals surface area contributed by atoms with Crippen molar-refractivity contribution < 1.29 is 14.6 Å². The maximum atomic E-state index is 12.1. The van der Waals surface area contributed by atoms with E-state index in [1.165, 1.54) is 31.4 Å². The van der Waals surface area contributed by atoms with Crippen LogP contribution in [0.1, 0.15) is 57.9 Å². The number of pyridine rings is 1. The number of nitrogens with zero attached hydrogens (tertiary/aromatic N) is 3. The predicted octanol–water partition coefficient (Wildman–Crippen LogP) is 3.07. The first-order valence-electron chi connectivity index (χ1n) is 11.7. The van der Waals surface area contributed by atoms with Crippen LogP contribution in [-0.4, -0.2) is 65.7 Å². The van der Waals surface area contributed by atoms with Crippen molar-refractivity contribution in [3.63, 3.8) is 0 Å². The highest BCUT2D eigenvalue weighted by Crippen LogP contribution is 2.34. The summed E-state index contributed by atoms with van der Waals surface area (Å²) >= 11 is 0. The number of ketones is 1. The topological polar surface area (TPSA) is 65.9 Å². The summed E-state index contributed by atoms with van der Waals surface area (Å²) < 4.78 is 5.69. The van der Waals surface area contributed by atoms with Gasteiger partial charge in [-0.1, -0.05) is 12.8 Å². The maximum absolute atomic E-state index is 12.1. The summed E-state index contributed by atoms with van der Waals surface area (Å²) in [4.78, 5) is 21.7. The lowest BCUT2D eigenvalue weighted by molar-refractivity contribution is -0.135. The molecule has 0 aromatic carbocycles. The Kier molecular flexibility index (Phi) is 6.63. The zero-order chi connectivity index (χ0) is 21.1. The molecular formula is C24H37N3O3. The van der Waals surface area contributed by atoms with E-state index in [1.54, 1.807) is 13.8 Å². The third kappa shape index (κ3) is 5.14. The number of aliphatic hydroxyl groups is 1. The van der Waals surface area contributed by atoms with E-state index in [1.807, 2.05) is 12.3 Å². The molecule has 166 valence electrons. The van der Waals surface area contributed by atoms with Gasteiger partial charge in [0.05, 0.1) is 6.61 Å². The lowest BCUT2D eigenvalue weighted by Crippen LogP contribution is -2.47. The van der Waals surface area contributed by atoms with Crippen molar-refractivity contribution in [2.45, 2.75) is 64.4 Å². The number of anilines is 1. The van der Waals surface area contributed by atoms with E-state index in [4.69, 9.17) is 4.74 Å². The van der Waals surface area contributed by atoms with E-state index in [-0.39, 0.29) is 5.78 Å². The van der Waals surface area contributed by atoms with Gasteiger partial charge in [0.25, 0.3) is 0 Å². The van der Waals surface area contributed by atoms with Crippen LogP contribution in [0.3, 0.4) is 0 Å². The van der Waals surface area contributed by atoms with Crippen LogP contribution >= 0.6 is 0 Å². The van der Waals surface area contributed by atoms with E-state index >= 15 is 0 Å². The number of hydrogen-bond acceptors (Lipinski definition) is 6. The number of carbonyl (C=O) groups is 1. The van der Waals surface area contributed by atoms with E-state index in [9.17, 15) is 9.90 Å². The quantitative estimate of drug-likeness (QED) is 0.738. The second-order valence-corrected chi connectivity index (χ2v) is 9.90. The van der Waals surface area contributed by atoms with Gasteiger partial charge in [-0.2, -0.15) is 0 Å². The molecule has 3 aliphatic rings. The number of piperazine rings is 1. The fourth-order valence-corrected chi connectivity index (χ4v) is 5.15. The van der Waals surface area contributed by atoms with Crippen LogP contribution in [0.4, 0.5) is 5.82 Å². The van der Waals surface area contributed by atoms with Gasteiger partial charge in [0, 0.05) is 50.8 Å². The molecule has 0 spiro atoms. The summed E-state index contributed by atoms with van der Waals surface area (Å²) in [6, 6.07) is 1.98. The molecule has 3 heterocycles. The first-order valence-corrected chi connectivity index (χ1v) is 11.7. The lowest BCUT2D eigenvalue weighted by Gasteiger charge is -2.37. The Hall–Kier alpha value is -1.66. The van der Waals surface area contributed by atoms with Crippen molar-refractivity contribution in [2.24, 2.45) is 11.8 Å². The first kappa shape index (κ1) is 21.6. The van der Waals surface area contributed by atoms with Crippen LogP contribution in [0, 0.1) is 11.8 Å². The van der Waals surface area contributed by atoms with Crippen molar-refractivity contribution in [3.05, 3.63) is 17.8 Å². The molecule has 1 saturated heterocycles. The molecule has 0 radical (unpaired) electrons. The van der Waals surface area contributed by atoms with E-state index in [2.05, 4.69) is 14.8 Å². The Morgan fingerprint density at radius 1 is 1.17 bits per heavy atom. The summed E-state index contributed by atoms with van der Waals surface area (Å²) in [6.07, 6.45) is 9.37. The van der Waals surface area contributed by atoms with Gasteiger partial charge in [-0.3, -0.25) is 9.69 Å². The average Bonchev–Trinajstić information content (AvgIpc) is 3.22. The smallest absolute Gasteiger partial charge is 0.164 e. The molecule has 1 aromatic heterocycles. The first-order chi connectivity index (χ1) is 14.4. The molecule has 30 heavy (non-hydrogen) atoms. The summed E-state index contributed by atoms with van der Waals surface area (Å²) in [7, 11) is 0. The van der Waals surface area contributed by atoms with Crippen LogP contribution in [0.2, 0.25) is 0 Å². The summed E-state index contributed by atoms with van der Waals surface area (Å²) in [6.45, 7) is 9.44. The monoisotopic (exact) mass is 415 g/mol. The number of carbonyl (C=O) groups excluding carboxylic acids is 1. The van der Waals surface area contributed by atoms with Gasteiger partial charge in [0.1, 0.15) is 17.2 Å². The number of aromatic nitrogens is 1. The summed E-state index contributed by atoms with van der Waals surface area (Å²) in [5.41, 5.74) is 0.104. The molecule has 0 unspecified atom stereocenters. The van der Waals surface area contributed by atoms with Crippen LogP contribution in [0.25, 0.3) is 0 Å². The SMILES string of the molecule is CC(C)(O)C(=O)CC1CCC(CCN2CCN(c3nccc4c3CCO4)CC2)CC1. The zero-order valence-corrected chi connectivity index (χ0v) is 18.6. The zero-order valence-electron chi connectivity index (χ0n) is 18.6. The molecule has 2 aliphatic heterocycles. The third-order valence-corrected chi connectivity index (χ3v) is 7.25. The molecule has 6 nitrogen and oxygen atoms in total. The average molecular weight is 416 g/mol. The van der Waals surface area contributed by atoms with Crippen molar-refractivity contribution in [3.8, 4) is 5.75 Å². The highest BCUT2D eigenvalue weighted by atomic mass is 16.5. The van der Waals surface area contributed by atoms with Crippen LogP contribution in [0.15, 0.2) is 12.3 Å². The van der Waals surface area contributed by atoms with Crippen molar-refractivity contribution in [1.82, 2.24) is 9.88 Å². The summed E-state index contributed by atoms with van der Waals surface area (Å²) in [5, 5.41) is 9.87. The fourth-order valence-electron chi connectivity index (χ4n) is 5.15. The standard InChI is InChI=1S/C24H37N3O3/c1-24(2,29)22(28)17-19-5-3-18(4-6-19)8-11-26-12-14-27(15-13-26)23-20-9-16-30-21(20)7-10-25-23/h7,10,18-19,29H,3-6,8-9,11-17H2,1-2H3. The largest absolute Gasteiger partial charge is 0.493 e. The fraction of sp³-hybridized carbons (Fsp3) is 0.750. The third-order valence-electron chi connectivity index (χ3n) is 7.25. The molecule has 0 atom stereocenters. The summed E-state index contributed by atoms with van der Waals surface area (Å²) in [5.74, 6) is 3.39. The highest BCUT2D eigenvalue weighted by molar-refractivity contribution is 5.86. The van der Waals surface area contributed by atoms with Gasteiger partial charge in [-0.25, -0.2) is 4.98 Å². The second-order valence-electron chi connectivity index (χ2n) is 9.90. The second kappa shape index (κ2) is 9.23. The molecule has 2 fully saturated rings. The Morgan fingerprint density at radius 2 is 1.87 bits per heavy atom. The minimum atomic E-state index is -1.18. The van der Waals surface area contributed by atoms with E-state index in [0.717, 1.165) is 69.5 Å². The minimum absolute atomic E-state index is 0.00562. The van der Waals surface area contributed by atoms with E-state index < -0.39 is 5.60 Å². The van der Waals surface area contributed by atoms with Gasteiger partial charge >= 0.3 is 0 Å². The van der Waals surface area contributed by atoms with Gasteiger partial charge in [0.15, 0.2) is 5.78 Å². The van der Waals surface area contributed by atoms with E-state index in [0.29, 0.717) is 12.3 Å². The number of Topliss-reactive ketones (excluding diaryl/α,β-unsaturated/α-hetero) is 1. The Morgan fingerprint density at radius 3 is 2.57 bits per heavy atom. The Labute approximate surface area is 180 Å².